The summed E-state index contributed by atoms with van der Waals surface area (Å²) in [7, 11) is -3.44. The minimum Gasteiger partial charge on any atom is -0.472 e. The van der Waals surface area contributed by atoms with Crippen LogP contribution in [-0.2, 0) is 10.0 Å². The molecule has 1 aromatic heterocycles. The fourth-order valence-corrected chi connectivity index (χ4v) is 4.14. The van der Waals surface area contributed by atoms with Gasteiger partial charge >= 0.3 is 0 Å². The number of pyridine rings is 1. The van der Waals surface area contributed by atoms with Crippen molar-refractivity contribution in [2.75, 3.05) is 13.1 Å². The van der Waals surface area contributed by atoms with Gasteiger partial charge in [0.1, 0.15) is 6.10 Å². The molecule has 0 atom stereocenters. The summed E-state index contributed by atoms with van der Waals surface area (Å²) < 4.78 is 32.0. The van der Waals surface area contributed by atoms with Crippen LogP contribution in [0.3, 0.4) is 0 Å². The second-order valence-corrected chi connectivity index (χ2v) is 8.48. The summed E-state index contributed by atoms with van der Waals surface area (Å²) in [5.74, 6) is 0.519. The Bertz CT molecular complexity index is 1090. The zero-order chi connectivity index (χ0) is 18.9. The van der Waals surface area contributed by atoms with E-state index in [1.807, 2.05) is 67.6 Å². The molecule has 0 bridgehead atoms. The van der Waals surface area contributed by atoms with Gasteiger partial charge in [-0.15, -0.1) is 0 Å². The number of fused-ring (bicyclic) bond motifs is 1. The van der Waals surface area contributed by atoms with Gasteiger partial charge in [-0.2, -0.15) is 4.31 Å². The SMILES string of the molecule is Cc1ccc(/C=C/S(=O)(=O)N2CC(Oc3ccc4ccccc4n3)C2)cc1. The van der Waals surface area contributed by atoms with Crippen LogP contribution in [0.15, 0.2) is 66.1 Å². The number of ether oxygens (including phenoxy) is 1. The molecule has 138 valence electrons. The number of hydrogen-bond donors (Lipinski definition) is 0. The molecule has 3 aromatic rings. The van der Waals surface area contributed by atoms with E-state index in [9.17, 15) is 8.42 Å². The van der Waals surface area contributed by atoms with Crippen LogP contribution in [0.2, 0.25) is 0 Å². The van der Waals surface area contributed by atoms with Crippen LogP contribution in [0.5, 0.6) is 5.88 Å². The van der Waals surface area contributed by atoms with Crippen LogP contribution in [0, 0.1) is 6.92 Å². The second-order valence-electron chi connectivity index (χ2n) is 6.66. The summed E-state index contributed by atoms with van der Waals surface area (Å²) in [6.07, 6.45) is 1.44. The molecule has 2 heterocycles. The van der Waals surface area contributed by atoms with Crippen molar-refractivity contribution < 1.29 is 13.2 Å². The topological polar surface area (TPSA) is 59.5 Å². The smallest absolute Gasteiger partial charge is 0.236 e. The van der Waals surface area contributed by atoms with E-state index < -0.39 is 10.0 Å². The molecule has 0 saturated carbocycles. The minimum absolute atomic E-state index is 0.179. The lowest BCUT2D eigenvalue weighted by Crippen LogP contribution is -2.55. The van der Waals surface area contributed by atoms with Gasteiger partial charge in [-0.1, -0.05) is 48.0 Å². The Hall–Kier alpha value is -2.70. The number of nitrogens with zero attached hydrogens (tertiary/aromatic N) is 2. The predicted molar refractivity (Wildman–Crippen MR) is 107 cm³/mol. The van der Waals surface area contributed by atoms with Crippen molar-refractivity contribution in [2.45, 2.75) is 13.0 Å². The Morgan fingerprint density at radius 1 is 1.04 bits per heavy atom. The monoisotopic (exact) mass is 380 g/mol. The molecule has 4 rings (SSSR count). The largest absolute Gasteiger partial charge is 0.472 e. The lowest BCUT2D eigenvalue weighted by atomic mass is 10.2. The molecule has 1 aliphatic heterocycles. The molecule has 6 heteroatoms. The molecule has 0 unspecified atom stereocenters. The van der Waals surface area contributed by atoms with Gasteiger partial charge in [0.15, 0.2) is 0 Å². The molecular formula is C21H20N2O3S. The third-order valence-electron chi connectivity index (χ3n) is 4.54. The maximum Gasteiger partial charge on any atom is 0.236 e. The maximum absolute atomic E-state index is 12.4. The van der Waals surface area contributed by atoms with Crippen LogP contribution in [-0.4, -0.2) is 36.9 Å². The maximum atomic E-state index is 12.4. The van der Waals surface area contributed by atoms with E-state index in [-0.39, 0.29) is 6.10 Å². The number of aryl methyl sites for hydroxylation is 1. The van der Waals surface area contributed by atoms with Gasteiger partial charge in [-0.05, 0) is 30.7 Å². The summed E-state index contributed by atoms with van der Waals surface area (Å²) >= 11 is 0. The Kier molecular flexibility index (Phi) is 4.68. The van der Waals surface area contributed by atoms with Crippen LogP contribution < -0.4 is 4.74 Å². The average molecular weight is 380 g/mol. The normalized spacial score (nSPS) is 15.9. The van der Waals surface area contributed by atoms with Crippen molar-refractivity contribution in [3.05, 3.63) is 77.2 Å². The Morgan fingerprint density at radius 2 is 1.78 bits per heavy atom. The first-order chi connectivity index (χ1) is 13.0. The summed E-state index contributed by atoms with van der Waals surface area (Å²) in [4.78, 5) is 4.46. The van der Waals surface area contributed by atoms with Gasteiger partial charge in [0.05, 0.1) is 18.6 Å². The summed E-state index contributed by atoms with van der Waals surface area (Å²) in [6.45, 7) is 2.65. The minimum atomic E-state index is -3.44. The van der Waals surface area contributed by atoms with E-state index in [0.29, 0.717) is 19.0 Å². The van der Waals surface area contributed by atoms with Crippen LogP contribution in [0.1, 0.15) is 11.1 Å². The van der Waals surface area contributed by atoms with Gasteiger partial charge in [-0.3, -0.25) is 0 Å². The highest BCUT2D eigenvalue weighted by molar-refractivity contribution is 7.92. The molecule has 0 radical (unpaired) electrons. The molecule has 0 amide bonds. The van der Waals surface area contributed by atoms with Gasteiger partial charge in [0.25, 0.3) is 0 Å². The van der Waals surface area contributed by atoms with Gasteiger partial charge in [-0.25, -0.2) is 13.4 Å². The number of aromatic nitrogens is 1. The molecular weight excluding hydrogens is 360 g/mol. The van der Waals surface area contributed by atoms with E-state index >= 15 is 0 Å². The molecule has 1 saturated heterocycles. The van der Waals surface area contributed by atoms with Crippen molar-refractivity contribution in [1.82, 2.24) is 9.29 Å². The zero-order valence-corrected chi connectivity index (χ0v) is 15.8. The van der Waals surface area contributed by atoms with Gasteiger partial charge < -0.3 is 4.74 Å². The fraction of sp³-hybridized carbons (Fsp3) is 0.190. The van der Waals surface area contributed by atoms with E-state index in [0.717, 1.165) is 22.0 Å². The van der Waals surface area contributed by atoms with E-state index in [1.54, 1.807) is 6.08 Å². The molecule has 27 heavy (non-hydrogen) atoms. The molecule has 5 nitrogen and oxygen atoms in total. The lowest BCUT2D eigenvalue weighted by Gasteiger charge is -2.36. The van der Waals surface area contributed by atoms with Crippen LogP contribution in [0.25, 0.3) is 17.0 Å². The first-order valence-corrected chi connectivity index (χ1v) is 10.3. The number of sulfonamides is 1. The number of para-hydroxylation sites is 1. The zero-order valence-electron chi connectivity index (χ0n) is 14.9. The number of benzene rings is 2. The van der Waals surface area contributed by atoms with Gasteiger partial charge in [0.2, 0.25) is 15.9 Å². The highest BCUT2D eigenvalue weighted by Gasteiger charge is 2.36. The lowest BCUT2D eigenvalue weighted by molar-refractivity contribution is 0.0733. The molecule has 1 aliphatic rings. The third kappa shape index (κ3) is 4.02. The van der Waals surface area contributed by atoms with Crippen molar-refractivity contribution in [2.24, 2.45) is 0 Å². The second kappa shape index (κ2) is 7.13. The highest BCUT2D eigenvalue weighted by atomic mass is 32.2. The molecule has 0 N–H and O–H groups in total. The first kappa shape index (κ1) is 17.7. The Labute approximate surface area is 159 Å². The third-order valence-corrected chi connectivity index (χ3v) is 6.04. The van der Waals surface area contributed by atoms with E-state index in [2.05, 4.69) is 4.98 Å². The van der Waals surface area contributed by atoms with Crippen molar-refractivity contribution in [3.63, 3.8) is 0 Å². The van der Waals surface area contributed by atoms with Crippen molar-refractivity contribution >= 4 is 27.0 Å². The quantitative estimate of drug-likeness (QED) is 0.678. The van der Waals surface area contributed by atoms with Crippen molar-refractivity contribution in [1.29, 1.82) is 0 Å². The number of hydrogen-bond acceptors (Lipinski definition) is 4. The molecule has 0 spiro atoms. The summed E-state index contributed by atoms with van der Waals surface area (Å²) in [5, 5.41) is 2.30. The van der Waals surface area contributed by atoms with Crippen LogP contribution >= 0.6 is 0 Å². The fourth-order valence-electron chi connectivity index (χ4n) is 2.90. The van der Waals surface area contributed by atoms with Crippen molar-refractivity contribution in [3.8, 4) is 5.88 Å². The van der Waals surface area contributed by atoms with Crippen LogP contribution in [0.4, 0.5) is 0 Å². The highest BCUT2D eigenvalue weighted by Crippen LogP contribution is 2.22. The predicted octanol–water partition coefficient (Wildman–Crippen LogP) is 3.61. The van der Waals surface area contributed by atoms with E-state index in [4.69, 9.17) is 4.74 Å². The Balaban J connectivity index is 1.37. The summed E-state index contributed by atoms with van der Waals surface area (Å²) in [6, 6.07) is 19.3. The molecule has 2 aromatic carbocycles. The average Bonchev–Trinajstić information content (AvgIpc) is 2.63. The molecule has 0 aliphatic carbocycles. The number of rotatable bonds is 5. The molecule has 1 fully saturated rings. The van der Waals surface area contributed by atoms with Gasteiger partial charge in [0, 0.05) is 16.9 Å². The first-order valence-electron chi connectivity index (χ1n) is 8.77. The van der Waals surface area contributed by atoms with E-state index in [1.165, 1.54) is 9.71 Å². The standard InChI is InChI=1S/C21H20N2O3S/c1-16-6-8-17(9-7-16)12-13-27(24,25)23-14-19(15-23)26-21-11-10-18-4-2-3-5-20(18)22-21/h2-13,19H,14-15H2,1H3/b13-12+. The summed E-state index contributed by atoms with van der Waals surface area (Å²) in [5.41, 5.74) is 2.86. The Morgan fingerprint density at radius 3 is 2.56 bits per heavy atom.